The molecule has 0 fully saturated rings. The van der Waals surface area contributed by atoms with Gasteiger partial charge in [-0.3, -0.25) is 14.4 Å². The van der Waals surface area contributed by atoms with E-state index in [9.17, 15) is 39.9 Å². The van der Waals surface area contributed by atoms with Crippen LogP contribution in [0.5, 0.6) is 17.2 Å². The Bertz CT molecular complexity index is 1120. The number of aliphatic hydroxyl groups is 2. The van der Waals surface area contributed by atoms with Crippen molar-refractivity contribution >= 4 is 17.3 Å². The lowest BCUT2D eigenvalue weighted by molar-refractivity contribution is -0.128. The molecule has 1 aliphatic rings. The summed E-state index contributed by atoms with van der Waals surface area (Å²) in [5.41, 5.74) is -2.88. The van der Waals surface area contributed by atoms with Crippen LogP contribution in [0, 0.1) is 24.2 Å². The summed E-state index contributed by atoms with van der Waals surface area (Å²) in [6, 6.07) is 0. The smallest absolute Gasteiger partial charge is 0.183 e. The average Bonchev–Trinajstić information content (AvgIpc) is 2.80. The molecule has 186 valence electrons. The molecule has 0 saturated carbocycles. The predicted molar refractivity (Wildman–Crippen MR) is 126 cm³/mol. The van der Waals surface area contributed by atoms with Gasteiger partial charge in [0.15, 0.2) is 17.3 Å². The van der Waals surface area contributed by atoms with Crippen LogP contribution >= 0.6 is 0 Å². The van der Waals surface area contributed by atoms with Crippen LogP contribution in [0.4, 0.5) is 0 Å². The summed E-state index contributed by atoms with van der Waals surface area (Å²) in [7, 11) is 0. The number of rotatable bonds is 8. The fourth-order valence-corrected chi connectivity index (χ4v) is 3.91. The van der Waals surface area contributed by atoms with Crippen LogP contribution in [0.15, 0.2) is 22.7 Å². The van der Waals surface area contributed by atoms with Crippen molar-refractivity contribution in [1.82, 2.24) is 0 Å². The minimum atomic E-state index is -1.55. The Morgan fingerprint density at radius 2 is 1.35 bits per heavy atom. The van der Waals surface area contributed by atoms with Gasteiger partial charge < -0.3 is 25.5 Å². The fraction of sp³-hybridized carbons (Fsp3) is 0.500. The largest absolute Gasteiger partial charge is 0.511 e. The first-order valence-corrected chi connectivity index (χ1v) is 11.4. The Balaban J connectivity index is 2.81. The Kier molecular flexibility index (Phi) is 7.55. The maximum Gasteiger partial charge on any atom is 0.183 e. The van der Waals surface area contributed by atoms with Gasteiger partial charge in [-0.05, 0) is 33.6 Å². The van der Waals surface area contributed by atoms with E-state index in [4.69, 9.17) is 0 Å². The third kappa shape index (κ3) is 4.17. The molecule has 0 spiro atoms. The summed E-state index contributed by atoms with van der Waals surface area (Å²) >= 11 is 0. The van der Waals surface area contributed by atoms with Gasteiger partial charge >= 0.3 is 0 Å². The molecule has 1 aromatic rings. The lowest BCUT2D eigenvalue weighted by atomic mass is 9.72. The van der Waals surface area contributed by atoms with Crippen molar-refractivity contribution in [3.05, 3.63) is 39.4 Å². The van der Waals surface area contributed by atoms with Crippen molar-refractivity contribution in [2.24, 2.45) is 17.3 Å². The van der Waals surface area contributed by atoms with Crippen LogP contribution in [0.3, 0.4) is 0 Å². The van der Waals surface area contributed by atoms with Gasteiger partial charge in [0.2, 0.25) is 0 Å². The number of carbonyl (C=O) groups excluding carboxylic acids is 3. The molecular formula is C26H34O8. The maximum absolute atomic E-state index is 13.0. The number of hydrogen-bond donors (Lipinski definition) is 5. The van der Waals surface area contributed by atoms with E-state index in [-0.39, 0.29) is 22.3 Å². The number of aromatic hydroxyl groups is 3. The van der Waals surface area contributed by atoms with Crippen LogP contribution in [-0.4, -0.2) is 42.9 Å². The molecule has 0 unspecified atom stereocenters. The van der Waals surface area contributed by atoms with E-state index in [1.54, 1.807) is 27.7 Å². The molecule has 8 nitrogen and oxygen atoms in total. The van der Waals surface area contributed by atoms with Gasteiger partial charge in [-0.2, -0.15) is 0 Å². The third-order valence-corrected chi connectivity index (χ3v) is 6.92. The van der Waals surface area contributed by atoms with E-state index >= 15 is 0 Å². The summed E-state index contributed by atoms with van der Waals surface area (Å²) < 4.78 is 0. The molecule has 0 radical (unpaired) electrons. The molecule has 5 N–H and O–H groups in total. The maximum atomic E-state index is 13.0. The fourth-order valence-electron chi connectivity index (χ4n) is 3.91. The SMILES string of the molecule is CC[C@@H](C)C(=O)C1=C(O)C(Cc2c(O)c(C)c(O)c(C(=O)[C@H](C)CC)c2O)=C(O)C(C)(C)C1=O. The Labute approximate surface area is 199 Å². The highest BCUT2D eigenvalue weighted by atomic mass is 16.3. The Morgan fingerprint density at radius 1 is 0.853 bits per heavy atom. The standard InChI is InChI=1S/C26H34O8/c1-8-11(3)18(27)16-21(30)13(5)20(29)14(22(16)31)10-15-23(32)17(19(28)12(4)9-2)25(34)26(6,7)24(15)33/h11-12,29-33H,8-10H2,1-7H3/t11-,12-/m1/s1. The van der Waals surface area contributed by atoms with Crippen LogP contribution < -0.4 is 0 Å². The highest BCUT2D eigenvalue weighted by Crippen LogP contribution is 2.47. The third-order valence-electron chi connectivity index (χ3n) is 6.92. The quantitative estimate of drug-likeness (QED) is 0.268. The van der Waals surface area contributed by atoms with E-state index in [1.165, 1.54) is 20.8 Å². The van der Waals surface area contributed by atoms with Crippen molar-refractivity contribution in [1.29, 1.82) is 0 Å². The Hall–Kier alpha value is -3.29. The summed E-state index contributed by atoms with van der Waals surface area (Å²) in [6.07, 6.45) is 0.374. The molecular weight excluding hydrogens is 440 g/mol. The molecule has 34 heavy (non-hydrogen) atoms. The van der Waals surface area contributed by atoms with E-state index in [2.05, 4.69) is 0 Å². The molecule has 2 rings (SSSR count). The van der Waals surface area contributed by atoms with Gasteiger partial charge in [0, 0.05) is 35.0 Å². The first-order chi connectivity index (χ1) is 15.6. The number of phenolic OH excluding ortho intramolecular Hbond substituents is 3. The summed E-state index contributed by atoms with van der Waals surface area (Å²) in [4.78, 5) is 38.7. The van der Waals surface area contributed by atoms with Crippen LogP contribution in [0.2, 0.25) is 0 Å². The van der Waals surface area contributed by atoms with Gasteiger partial charge in [0.1, 0.15) is 39.9 Å². The van der Waals surface area contributed by atoms with Crippen LogP contribution in [-0.2, 0) is 16.0 Å². The van der Waals surface area contributed by atoms with Gasteiger partial charge in [-0.15, -0.1) is 0 Å². The van der Waals surface area contributed by atoms with Crippen molar-refractivity contribution in [3.8, 4) is 17.2 Å². The van der Waals surface area contributed by atoms with Crippen LogP contribution in [0.1, 0.15) is 75.9 Å². The minimum Gasteiger partial charge on any atom is -0.511 e. The molecule has 8 heteroatoms. The van der Waals surface area contributed by atoms with Crippen LogP contribution in [0.25, 0.3) is 0 Å². The number of phenols is 3. The molecule has 1 aliphatic carbocycles. The lowest BCUT2D eigenvalue weighted by Crippen LogP contribution is -2.38. The van der Waals surface area contributed by atoms with Crippen molar-refractivity contribution in [2.75, 3.05) is 0 Å². The number of ketones is 3. The predicted octanol–water partition coefficient (Wildman–Crippen LogP) is 4.73. The van der Waals surface area contributed by atoms with E-state index in [0.29, 0.717) is 12.8 Å². The molecule has 0 saturated heterocycles. The molecule has 2 atom stereocenters. The molecule has 0 heterocycles. The van der Waals surface area contributed by atoms with E-state index < -0.39 is 75.4 Å². The zero-order valence-corrected chi connectivity index (χ0v) is 20.7. The minimum absolute atomic E-state index is 0.0648. The number of aliphatic hydroxyl groups excluding tert-OH is 2. The Morgan fingerprint density at radius 3 is 1.85 bits per heavy atom. The summed E-state index contributed by atoms with van der Waals surface area (Å²) in [5.74, 6) is -5.97. The number of allylic oxidation sites excluding steroid dienone is 3. The molecule has 0 amide bonds. The van der Waals surface area contributed by atoms with Gasteiger partial charge in [-0.1, -0.05) is 27.7 Å². The monoisotopic (exact) mass is 474 g/mol. The molecule has 1 aromatic carbocycles. The van der Waals surface area contributed by atoms with Gasteiger partial charge in [-0.25, -0.2) is 0 Å². The van der Waals surface area contributed by atoms with Crippen molar-refractivity contribution < 1.29 is 39.9 Å². The number of benzene rings is 1. The topological polar surface area (TPSA) is 152 Å². The first kappa shape index (κ1) is 27.0. The summed E-state index contributed by atoms with van der Waals surface area (Å²) in [5, 5.41) is 53.9. The van der Waals surface area contributed by atoms with E-state index in [0.717, 1.165) is 0 Å². The zero-order chi connectivity index (χ0) is 26.3. The first-order valence-electron chi connectivity index (χ1n) is 11.4. The average molecular weight is 475 g/mol. The van der Waals surface area contributed by atoms with E-state index in [1.807, 2.05) is 0 Å². The second-order valence-electron chi connectivity index (χ2n) is 9.55. The van der Waals surface area contributed by atoms with Gasteiger partial charge in [0.25, 0.3) is 0 Å². The summed E-state index contributed by atoms with van der Waals surface area (Å²) in [6.45, 7) is 11.0. The number of hydrogen-bond acceptors (Lipinski definition) is 8. The second kappa shape index (κ2) is 9.52. The highest BCUT2D eigenvalue weighted by molar-refractivity contribution is 6.24. The lowest BCUT2D eigenvalue weighted by Gasteiger charge is -2.32. The normalized spacial score (nSPS) is 17.7. The number of Topliss-reactive ketones (excluding diaryl/α,β-unsaturated/α-hetero) is 3. The van der Waals surface area contributed by atoms with Gasteiger partial charge in [0.05, 0.1) is 5.41 Å². The van der Waals surface area contributed by atoms with Crippen molar-refractivity contribution in [3.63, 3.8) is 0 Å². The zero-order valence-electron chi connectivity index (χ0n) is 20.7. The second-order valence-corrected chi connectivity index (χ2v) is 9.55. The van der Waals surface area contributed by atoms with Crippen molar-refractivity contribution in [2.45, 2.75) is 67.7 Å². The number of carbonyl (C=O) groups is 3. The molecule has 0 bridgehead atoms. The molecule has 0 aromatic heterocycles. The highest BCUT2D eigenvalue weighted by Gasteiger charge is 2.46. The molecule has 0 aliphatic heterocycles.